The number of carboxylic acids is 1. The Hall–Kier alpha value is -2.77. The maximum atomic E-state index is 12.1. The fraction of sp³-hybridized carbons (Fsp3) is 0.300. The van der Waals surface area contributed by atoms with Gasteiger partial charge in [0.2, 0.25) is 0 Å². The van der Waals surface area contributed by atoms with E-state index in [-0.39, 0.29) is 12.4 Å². The highest BCUT2D eigenvalue weighted by Crippen LogP contribution is 2.31. The van der Waals surface area contributed by atoms with Crippen molar-refractivity contribution in [3.63, 3.8) is 0 Å². The number of nitrogens with one attached hydrogen (secondary N) is 2. The molecule has 0 aliphatic heterocycles. The van der Waals surface area contributed by atoms with Crippen molar-refractivity contribution in [2.24, 2.45) is 7.05 Å². The number of H-pyrrole nitrogens is 1. The molecule has 0 spiro atoms. The van der Waals surface area contributed by atoms with E-state index < -0.39 is 22.8 Å². The predicted octanol–water partition coefficient (Wildman–Crippen LogP) is 3.17. The largest absolute Gasteiger partial charge is 0.506 e. The minimum Gasteiger partial charge on any atom is -0.506 e. The molecule has 1 aromatic carbocycles. The van der Waals surface area contributed by atoms with Gasteiger partial charge in [-0.15, -0.1) is 12.4 Å². The molecule has 0 amide bonds. The predicted molar refractivity (Wildman–Crippen MR) is 112 cm³/mol. The first-order valence-corrected chi connectivity index (χ1v) is 8.83. The van der Waals surface area contributed by atoms with E-state index in [0.29, 0.717) is 16.8 Å². The Bertz CT molecular complexity index is 1090. The molecule has 28 heavy (non-hydrogen) atoms. The monoisotopic (exact) mass is 405 g/mol. The Morgan fingerprint density at radius 1 is 1.29 bits per heavy atom. The summed E-state index contributed by atoms with van der Waals surface area (Å²) in [6, 6.07) is 7.81. The van der Waals surface area contributed by atoms with Gasteiger partial charge in [-0.2, -0.15) is 0 Å². The van der Waals surface area contributed by atoms with Gasteiger partial charge in [0.05, 0.1) is 5.69 Å². The highest BCUT2D eigenvalue weighted by atomic mass is 35.5. The van der Waals surface area contributed by atoms with Crippen molar-refractivity contribution >= 4 is 29.3 Å². The molecule has 4 N–H and O–H groups in total. The van der Waals surface area contributed by atoms with Gasteiger partial charge in [-0.05, 0) is 43.7 Å². The van der Waals surface area contributed by atoms with Crippen LogP contribution < -0.4 is 10.9 Å². The van der Waals surface area contributed by atoms with Crippen molar-refractivity contribution in [2.45, 2.75) is 26.8 Å². The summed E-state index contributed by atoms with van der Waals surface area (Å²) in [5.41, 5.74) is 2.19. The van der Waals surface area contributed by atoms with Crippen molar-refractivity contribution < 1.29 is 15.0 Å². The average Bonchev–Trinajstić information content (AvgIpc) is 2.93. The van der Waals surface area contributed by atoms with Gasteiger partial charge in [0.15, 0.2) is 5.56 Å². The molecule has 2 aromatic heterocycles. The molecule has 3 rings (SSSR count). The second-order valence-electron chi connectivity index (χ2n) is 6.63. The van der Waals surface area contributed by atoms with Gasteiger partial charge in [-0.3, -0.25) is 4.79 Å². The average molecular weight is 406 g/mol. The lowest BCUT2D eigenvalue weighted by atomic mass is 10.0. The lowest BCUT2D eigenvalue weighted by Crippen LogP contribution is -2.19. The van der Waals surface area contributed by atoms with Crippen LogP contribution in [0.2, 0.25) is 0 Å². The molecule has 2 heterocycles. The van der Waals surface area contributed by atoms with Gasteiger partial charge in [-0.25, -0.2) is 4.79 Å². The zero-order valence-corrected chi connectivity index (χ0v) is 16.8. The number of fused-ring (bicyclic) bond motifs is 1. The number of aryl methyl sites for hydroxylation is 1. The molecule has 0 saturated heterocycles. The van der Waals surface area contributed by atoms with Crippen LogP contribution in [0.5, 0.6) is 5.75 Å². The second-order valence-corrected chi connectivity index (χ2v) is 6.63. The molecule has 3 aromatic rings. The maximum absolute atomic E-state index is 12.1. The van der Waals surface area contributed by atoms with Crippen LogP contribution in [0.3, 0.4) is 0 Å². The summed E-state index contributed by atoms with van der Waals surface area (Å²) in [4.78, 5) is 25.9. The molecule has 0 saturated carbocycles. The number of aromatic hydroxyl groups is 1. The summed E-state index contributed by atoms with van der Waals surface area (Å²) in [5, 5.41) is 23.7. The number of pyridine rings is 1. The number of benzene rings is 1. The smallest absolute Gasteiger partial charge is 0.345 e. The van der Waals surface area contributed by atoms with Gasteiger partial charge in [0, 0.05) is 35.8 Å². The third-order valence-corrected chi connectivity index (χ3v) is 4.81. The first-order valence-electron chi connectivity index (χ1n) is 8.83. The van der Waals surface area contributed by atoms with Crippen molar-refractivity contribution in [1.29, 1.82) is 0 Å². The van der Waals surface area contributed by atoms with Gasteiger partial charge in [-0.1, -0.05) is 13.0 Å². The van der Waals surface area contributed by atoms with Crippen LogP contribution in [-0.2, 0) is 13.6 Å². The van der Waals surface area contributed by atoms with E-state index in [1.807, 2.05) is 25.2 Å². The van der Waals surface area contributed by atoms with Crippen LogP contribution in [-0.4, -0.2) is 32.3 Å². The van der Waals surface area contributed by atoms with Crippen molar-refractivity contribution in [1.82, 2.24) is 14.9 Å². The van der Waals surface area contributed by atoms with Gasteiger partial charge >= 0.3 is 5.97 Å². The van der Waals surface area contributed by atoms with Crippen LogP contribution in [0.25, 0.3) is 22.2 Å². The highest BCUT2D eigenvalue weighted by molar-refractivity contribution is 5.92. The molecule has 0 bridgehead atoms. The Morgan fingerprint density at radius 3 is 2.64 bits per heavy atom. The van der Waals surface area contributed by atoms with Crippen LogP contribution in [0.15, 0.2) is 29.1 Å². The van der Waals surface area contributed by atoms with E-state index in [9.17, 15) is 14.7 Å². The number of aromatic nitrogens is 2. The zero-order valence-electron chi connectivity index (χ0n) is 16.0. The van der Waals surface area contributed by atoms with E-state index >= 15 is 0 Å². The van der Waals surface area contributed by atoms with E-state index in [2.05, 4.69) is 27.9 Å². The molecule has 0 atom stereocenters. The molecular weight excluding hydrogens is 382 g/mol. The Morgan fingerprint density at radius 2 is 2.00 bits per heavy atom. The van der Waals surface area contributed by atoms with Crippen molar-refractivity contribution in [3.05, 3.63) is 51.4 Å². The topological polar surface area (TPSA) is 107 Å². The fourth-order valence-corrected chi connectivity index (χ4v) is 3.30. The summed E-state index contributed by atoms with van der Waals surface area (Å²) < 4.78 is 2.11. The molecule has 0 unspecified atom stereocenters. The van der Waals surface area contributed by atoms with Crippen LogP contribution in [0, 0.1) is 6.92 Å². The summed E-state index contributed by atoms with van der Waals surface area (Å²) in [5.74, 6) is -1.95. The molecule has 0 fully saturated rings. The number of rotatable bonds is 6. The minimum atomic E-state index is -1.45. The summed E-state index contributed by atoms with van der Waals surface area (Å²) >= 11 is 0. The molecule has 7 nitrogen and oxygen atoms in total. The standard InChI is InChI=1S/C20H23N3O4.ClH/c1-4-7-21-10-14-9-13-8-12(5-6-15(13)23(14)3)17-11(2)18(24)16(20(26)27)19(25)22-17;/h5-6,8-9,21H,4,7,10H2,1-3H3,(H,26,27)(H2,22,24,25);1H. The molecule has 150 valence electrons. The number of hydrogen-bond donors (Lipinski definition) is 4. The second kappa shape index (κ2) is 8.50. The normalized spacial score (nSPS) is 10.8. The number of halogens is 1. The minimum absolute atomic E-state index is 0. The highest BCUT2D eigenvalue weighted by Gasteiger charge is 2.20. The quantitative estimate of drug-likeness (QED) is 0.471. The Labute approximate surface area is 168 Å². The lowest BCUT2D eigenvalue weighted by molar-refractivity contribution is 0.0691. The third kappa shape index (κ3) is 3.76. The van der Waals surface area contributed by atoms with E-state index in [1.165, 1.54) is 0 Å². The van der Waals surface area contributed by atoms with Crippen LogP contribution in [0.4, 0.5) is 0 Å². The summed E-state index contributed by atoms with van der Waals surface area (Å²) in [6.07, 6.45) is 1.07. The lowest BCUT2D eigenvalue weighted by Gasteiger charge is -2.10. The maximum Gasteiger partial charge on any atom is 0.345 e. The number of hydrogen-bond acceptors (Lipinski definition) is 4. The van der Waals surface area contributed by atoms with Crippen molar-refractivity contribution in [3.8, 4) is 17.0 Å². The molecule has 0 aliphatic rings. The van der Waals surface area contributed by atoms with Crippen molar-refractivity contribution in [2.75, 3.05) is 6.54 Å². The molecular formula is C20H24ClN3O4. The van der Waals surface area contributed by atoms with Gasteiger partial charge in [0.25, 0.3) is 5.56 Å². The fourth-order valence-electron chi connectivity index (χ4n) is 3.30. The van der Waals surface area contributed by atoms with Gasteiger partial charge in [0.1, 0.15) is 5.75 Å². The van der Waals surface area contributed by atoms with Crippen LogP contribution in [0.1, 0.15) is 35.0 Å². The van der Waals surface area contributed by atoms with E-state index in [1.54, 1.807) is 6.92 Å². The zero-order chi connectivity index (χ0) is 19.7. The number of aromatic amines is 1. The molecule has 0 radical (unpaired) electrons. The third-order valence-electron chi connectivity index (χ3n) is 4.81. The Kier molecular flexibility index (Phi) is 6.53. The van der Waals surface area contributed by atoms with Gasteiger partial charge < -0.3 is 25.1 Å². The Balaban J connectivity index is 0.00000280. The molecule has 0 aliphatic carbocycles. The number of carbonyl (C=O) groups is 1. The number of nitrogens with zero attached hydrogens (tertiary/aromatic N) is 1. The van der Waals surface area contributed by atoms with Crippen LogP contribution >= 0.6 is 12.4 Å². The first kappa shape index (κ1) is 21.5. The summed E-state index contributed by atoms with van der Waals surface area (Å²) in [6.45, 7) is 5.41. The number of carboxylic acid groups (broad SMARTS) is 1. The number of aromatic carboxylic acids is 1. The SMILES string of the molecule is CCCNCc1cc2cc(-c3[nH]c(=O)c(C(=O)O)c(O)c3C)ccc2n1C.Cl. The molecule has 8 heteroatoms. The van der Waals surface area contributed by atoms with E-state index in [4.69, 9.17) is 5.11 Å². The summed E-state index contributed by atoms with van der Waals surface area (Å²) in [7, 11) is 2.01. The van der Waals surface area contributed by atoms with E-state index in [0.717, 1.165) is 36.1 Å². The first-order chi connectivity index (χ1) is 12.8.